The van der Waals surface area contributed by atoms with E-state index in [1.807, 2.05) is 30.1 Å². The minimum absolute atomic E-state index is 0.00690. The molecule has 1 aromatic carbocycles. The van der Waals surface area contributed by atoms with E-state index in [0.717, 1.165) is 22.2 Å². The van der Waals surface area contributed by atoms with Crippen LogP contribution in [0.15, 0.2) is 37.4 Å². The van der Waals surface area contributed by atoms with Crippen LogP contribution in [-0.2, 0) is 11.2 Å². The maximum absolute atomic E-state index is 11.8. The number of H-pyrrole nitrogens is 2. The molecule has 0 bridgehead atoms. The van der Waals surface area contributed by atoms with Crippen molar-refractivity contribution in [3.8, 4) is 5.75 Å². The van der Waals surface area contributed by atoms with Crippen molar-refractivity contribution >= 4 is 28.1 Å². The number of carbonyl (C=O) groups excluding carboxylic acids is 1. The SMILES string of the molecule is CCCOc1ccc(/C=N/NC(=O)CCc2n[nH]c(=O)[nH]c2=O)cc1Br. The average molecular weight is 424 g/mol. The van der Waals surface area contributed by atoms with Crippen LogP contribution in [0.25, 0.3) is 0 Å². The van der Waals surface area contributed by atoms with Gasteiger partial charge >= 0.3 is 5.69 Å². The third-order valence-electron chi connectivity index (χ3n) is 3.19. The van der Waals surface area contributed by atoms with E-state index in [1.54, 1.807) is 0 Å². The first kappa shape index (κ1) is 19.6. The van der Waals surface area contributed by atoms with Gasteiger partial charge in [0.05, 0.1) is 17.3 Å². The van der Waals surface area contributed by atoms with Crippen LogP contribution in [0.1, 0.15) is 31.0 Å². The molecule has 10 heteroatoms. The van der Waals surface area contributed by atoms with Crippen LogP contribution < -0.4 is 21.4 Å². The maximum Gasteiger partial charge on any atom is 0.342 e. The molecule has 1 heterocycles. The molecule has 26 heavy (non-hydrogen) atoms. The molecule has 0 radical (unpaired) electrons. The van der Waals surface area contributed by atoms with Crippen molar-refractivity contribution in [1.29, 1.82) is 0 Å². The number of nitrogens with one attached hydrogen (secondary N) is 3. The lowest BCUT2D eigenvalue weighted by molar-refractivity contribution is -0.121. The number of aromatic amines is 2. The molecule has 3 N–H and O–H groups in total. The molecule has 0 aliphatic carbocycles. The summed E-state index contributed by atoms with van der Waals surface area (Å²) in [4.78, 5) is 36.1. The Morgan fingerprint density at radius 1 is 1.42 bits per heavy atom. The highest BCUT2D eigenvalue weighted by atomic mass is 79.9. The molecule has 0 saturated carbocycles. The summed E-state index contributed by atoms with van der Waals surface area (Å²) in [6, 6.07) is 5.46. The van der Waals surface area contributed by atoms with Gasteiger partial charge in [-0.25, -0.2) is 15.3 Å². The predicted octanol–water partition coefficient (Wildman–Crippen LogP) is 1.09. The van der Waals surface area contributed by atoms with Crippen molar-refractivity contribution in [3.05, 3.63) is 54.8 Å². The molecule has 0 atom stereocenters. The third kappa shape index (κ3) is 5.96. The van der Waals surface area contributed by atoms with Gasteiger partial charge in [-0.1, -0.05) is 6.92 Å². The number of hydrazone groups is 1. The molecule has 2 aromatic rings. The summed E-state index contributed by atoms with van der Waals surface area (Å²) in [5.41, 5.74) is 1.93. The van der Waals surface area contributed by atoms with Crippen LogP contribution in [0.2, 0.25) is 0 Å². The highest BCUT2D eigenvalue weighted by Gasteiger charge is 2.06. The van der Waals surface area contributed by atoms with Gasteiger partial charge in [-0.15, -0.1) is 0 Å². The smallest absolute Gasteiger partial charge is 0.342 e. The van der Waals surface area contributed by atoms with E-state index in [1.165, 1.54) is 6.21 Å². The molecule has 0 unspecified atom stereocenters. The van der Waals surface area contributed by atoms with Crippen LogP contribution in [-0.4, -0.2) is 33.9 Å². The Labute approximate surface area is 157 Å². The van der Waals surface area contributed by atoms with Crippen molar-refractivity contribution in [1.82, 2.24) is 20.6 Å². The Kier molecular flexibility index (Phi) is 7.27. The van der Waals surface area contributed by atoms with Gasteiger partial charge in [0.1, 0.15) is 11.4 Å². The lowest BCUT2D eigenvalue weighted by Crippen LogP contribution is -2.28. The minimum Gasteiger partial charge on any atom is -0.492 e. The predicted molar refractivity (Wildman–Crippen MR) is 99.5 cm³/mol. The van der Waals surface area contributed by atoms with Gasteiger partial charge in [0.2, 0.25) is 5.91 Å². The van der Waals surface area contributed by atoms with Crippen molar-refractivity contribution in [2.45, 2.75) is 26.2 Å². The fraction of sp³-hybridized carbons (Fsp3) is 0.312. The molecule has 0 saturated heterocycles. The summed E-state index contributed by atoms with van der Waals surface area (Å²) in [7, 11) is 0. The second kappa shape index (κ2) is 9.66. The van der Waals surface area contributed by atoms with Crippen molar-refractivity contribution < 1.29 is 9.53 Å². The molecule has 0 aliphatic heterocycles. The van der Waals surface area contributed by atoms with E-state index in [-0.39, 0.29) is 24.4 Å². The molecule has 9 nitrogen and oxygen atoms in total. The fourth-order valence-electron chi connectivity index (χ4n) is 1.93. The summed E-state index contributed by atoms with van der Waals surface area (Å²) >= 11 is 3.42. The zero-order chi connectivity index (χ0) is 18.9. The monoisotopic (exact) mass is 423 g/mol. The number of aryl methyl sites for hydroxylation is 1. The van der Waals surface area contributed by atoms with Gasteiger partial charge in [0.25, 0.3) is 5.56 Å². The van der Waals surface area contributed by atoms with Crippen LogP contribution in [0, 0.1) is 0 Å². The van der Waals surface area contributed by atoms with E-state index in [0.29, 0.717) is 6.61 Å². The van der Waals surface area contributed by atoms with E-state index in [9.17, 15) is 14.4 Å². The number of aromatic nitrogens is 3. The highest BCUT2D eigenvalue weighted by molar-refractivity contribution is 9.10. The van der Waals surface area contributed by atoms with Gasteiger partial charge in [-0.3, -0.25) is 14.6 Å². The van der Waals surface area contributed by atoms with Crippen molar-refractivity contribution in [3.63, 3.8) is 0 Å². The van der Waals surface area contributed by atoms with E-state index < -0.39 is 11.2 Å². The molecule has 2 rings (SSSR count). The molecular weight excluding hydrogens is 406 g/mol. The quantitative estimate of drug-likeness (QED) is 0.432. The zero-order valence-electron chi connectivity index (χ0n) is 14.0. The number of ether oxygens (including phenoxy) is 1. The van der Waals surface area contributed by atoms with E-state index >= 15 is 0 Å². The molecular formula is C16H18BrN5O4. The summed E-state index contributed by atoms with van der Waals surface area (Å²) in [6.07, 6.45) is 2.51. The largest absolute Gasteiger partial charge is 0.492 e. The van der Waals surface area contributed by atoms with Gasteiger partial charge in [-0.2, -0.15) is 10.2 Å². The number of amides is 1. The summed E-state index contributed by atoms with van der Waals surface area (Å²) in [5, 5.41) is 9.59. The second-order valence-electron chi connectivity index (χ2n) is 5.29. The summed E-state index contributed by atoms with van der Waals surface area (Å²) in [6.45, 7) is 2.66. The first-order chi connectivity index (χ1) is 12.5. The number of carbonyl (C=O) groups is 1. The minimum atomic E-state index is -0.690. The maximum atomic E-state index is 11.8. The zero-order valence-corrected chi connectivity index (χ0v) is 15.6. The van der Waals surface area contributed by atoms with Gasteiger partial charge in [0.15, 0.2) is 0 Å². The molecule has 0 spiro atoms. The summed E-state index contributed by atoms with van der Waals surface area (Å²) < 4.78 is 6.35. The molecule has 1 aromatic heterocycles. The van der Waals surface area contributed by atoms with E-state index in [4.69, 9.17) is 4.74 Å². The van der Waals surface area contributed by atoms with Gasteiger partial charge < -0.3 is 4.74 Å². The standard InChI is InChI=1S/C16H18BrN5O4/c1-2-7-26-13-5-3-10(8-11(13)17)9-18-21-14(23)6-4-12-15(24)19-16(25)22-20-12/h3,5,8-9H,2,4,6-7H2,1H3,(H,21,23)(H2,19,22,24,25)/b18-9+. The molecule has 1 amide bonds. The number of nitrogens with zero attached hydrogens (tertiary/aromatic N) is 2. The first-order valence-corrected chi connectivity index (χ1v) is 8.71. The average Bonchev–Trinajstić information content (AvgIpc) is 2.60. The lowest BCUT2D eigenvalue weighted by Gasteiger charge is -2.07. The van der Waals surface area contributed by atoms with Crippen LogP contribution in [0.4, 0.5) is 0 Å². The normalized spacial score (nSPS) is 10.8. The van der Waals surface area contributed by atoms with Crippen LogP contribution >= 0.6 is 15.9 Å². The van der Waals surface area contributed by atoms with Gasteiger partial charge in [-0.05, 0) is 46.1 Å². The Morgan fingerprint density at radius 3 is 2.92 bits per heavy atom. The van der Waals surface area contributed by atoms with Crippen molar-refractivity contribution in [2.24, 2.45) is 5.10 Å². The van der Waals surface area contributed by atoms with Gasteiger partial charge in [0, 0.05) is 12.8 Å². The third-order valence-corrected chi connectivity index (χ3v) is 3.81. The number of hydrogen-bond acceptors (Lipinski definition) is 6. The first-order valence-electron chi connectivity index (χ1n) is 7.91. The van der Waals surface area contributed by atoms with Crippen molar-refractivity contribution in [2.75, 3.05) is 6.61 Å². The number of hydrogen-bond donors (Lipinski definition) is 3. The Morgan fingerprint density at radius 2 is 2.23 bits per heavy atom. The lowest BCUT2D eigenvalue weighted by atomic mass is 10.2. The number of benzene rings is 1. The highest BCUT2D eigenvalue weighted by Crippen LogP contribution is 2.25. The summed E-state index contributed by atoms with van der Waals surface area (Å²) in [5.74, 6) is 0.363. The van der Waals surface area contributed by atoms with Crippen LogP contribution in [0.5, 0.6) is 5.75 Å². The Balaban J connectivity index is 1.85. The fourth-order valence-corrected chi connectivity index (χ4v) is 2.45. The van der Waals surface area contributed by atoms with Crippen LogP contribution in [0.3, 0.4) is 0 Å². The Hall–Kier alpha value is -2.75. The molecule has 0 aliphatic rings. The number of halogens is 1. The molecule has 138 valence electrons. The van der Waals surface area contributed by atoms with E-state index in [2.05, 4.69) is 36.7 Å². The second-order valence-corrected chi connectivity index (χ2v) is 6.14. The molecule has 0 fully saturated rings. The topological polar surface area (TPSA) is 129 Å². The Bertz CT molecular complexity index is 906. The number of rotatable bonds is 8.